The van der Waals surface area contributed by atoms with Crippen LogP contribution in [0.3, 0.4) is 0 Å². The molecule has 13 rings (SSSR count). The molecule has 0 atom stereocenters. The lowest BCUT2D eigenvalue weighted by Crippen LogP contribution is -2.44. The molecule has 3 aliphatic carbocycles. The Morgan fingerprint density at radius 2 is 0.515 bits per heavy atom. The Morgan fingerprint density at radius 1 is 0.250 bits per heavy atom. The van der Waals surface area contributed by atoms with Crippen LogP contribution in [0.25, 0.3) is 22.3 Å². The zero-order chi connectivity index (χ0) is 45.1. The fraction of sp³-hybridized carbons (Fsp3) is 0.0312. The molecule has 320 valence electrons. The van der Waals surface area contributed by atoms with Gasteiger partial charge in [-0.05, 0) is 91.0 Å². The first kappa shape index (κ1) is 39.5. The van der Waals surface area contributed by atoms with Crippen LogP contribution in [0.15, 0.2) is 265 Å². The maximum Gasteiger partial charge on any atom is 0.0977 e. The molecule has 0 fully saturated rings. The Bertz CT molecular complexity index is 3200. The van der Waals surface area contributed by atoms with Crippen molar-refractivity contribution in [3.63, 3.8) is 0 Å². The van der Waals surface area contributed by atoms with E-state index in [1.807, 2.05) is 24.3 Å². The van der Waals surface area contributed by atoms with Gasteiger partial charge in [0.05, 0.1) is 33.6 Å². The van der Waals surface area contributed by atoms with E-state index in [0.29, 0.717) is 0 Å². The van der Waals surface area contributed by atoms with E-state index in [1.54, 1.807) is 0 Å². The molecule has 0 heterocycles. The van der Waals surface area contributed by atoms with Gasteiger partial charge in [0.15, 0.2) is 0 Å². The van der Waals surface area contributed by atoms with Crippen molar-refractivity contribution >= 4 is 22.8 Å². The zero-order valence-electron chi connectivity index (χ0n) is 37.1. The minimum atomic E-state index is -0.681. The van der Waals surface area contributed by atoms with E-state index in [4.69, 9.17) is 10.2 Å². The normalized spacial score (nSPS) is 13.5. The zero-order valence-corrected chi connectivity index (χ0v) is 37.1. The Labute approximate surface area is 396 Å². The van der Waals surface area contributed by atoms with Gasteiger partial charge in [-0.15, -0.1) is 0 Å². The van der Waals surface area contributed by atoms with Gasteiger partial charge in [-0.1, -0.05) is 231 Å². The second-order valence-electron chi connectivity index (χ2n) is 17.8. The minimum absolute atomic E-state index is 0.681. The SMILES string of the molecule is c1ccc(C(=NNc2ccc3c(c2)C2(c4ccccc4-c4ccccc42)c2ccc(NN=C(c4ccccc4)c4ccccc4)cc2C32c3ccccc3-c3ccccc32)c2ccccc2)cc1. The number of hydrazone groups is 2. The summed E-state index contributed by atoms with van der Waals surface area (Å²) in [6.07, 6.45) is 0. The average Bonchev–Trinajstić information content (AvgIpc) is 3.88. The van der Waals surface area contributed by atoms with Gasteiger partial charge in [-0.3, -0.25) is 10.9 Å². The molecule has 10 aromatic rings. The minimum Gasteiger partial charge on any atom is -0.278 e. The number of anilines is 2. The number of benzene rings is 10. The second kappa shape index (κ2) is 15.9. The third kappa shape index (κ3) is 5.87. The van der Waals surface area contributed by atoms with Crippen LogP contribution in [0.5, 0.6) is 0 Å². The molecule has 4 nitrogen and oxygen atoms in total. The van der Waals surface area contributed by atoms with Gasteiger partial charge in [0.1, 0.15) is 0 Å². The molecule has 2 N–H and O–H groups in total. The monoisotopic (exact) mass is 868 g/mol. The number of fused-ring (bicyclic) bond motifs is 16. The van der Waals surface area contributed by atoms with E-state index in [0.717, 1.165) is 45.1 Å². The van der Waals surface area contributed by atoms with Crippen LogP contribution >= 0.6 is 0 Å². The number of hydrogen-bond acceptors (Lipinski definition) is 4. The maximum atomic E-state index is 5.23. The molecule has 3 aliphatic rings. The van der Waals surface area contributed by atoms with Crippen molar-refractivity contribution in [1.82, 2.24) is 0 Å². The van der Waals surface area contributed by atoms with Crippen LogP contribution in [-0.4, -0.2) is 11.4 Å². The molecule has 68 heavy (non-hydrogen) atoms. The highest BCUT2D eigenvalue weighted by molar-refractivity contribution is 6.14. The summed E-state index contributed by atoms with van der Waals surface area (Å²) >= 11 is 0. The molecular weight excluding hydrogens is 825 g/mol. The molecule has 10 aromatic carbocycles. The highest BCUT2D eigenvalue weighted by atomic mass is 15.3. The van der Waals surface area contributed by atoms with Gasteiger partial charge < -0.3 is 0 Å². The molecule has 0 saturated heterocycles. The average molecular weight is 869 g/mol. The molecular formula is C64H44N4. The lowest BCUT2D eigenvalue weighted by Gasteiger charge is -2.49. The number of nitrogens with zero attached hydrogens (tertiary/aromatic N) is 2. The second-order valence-corrected chi connectivity index (χ2v) is 17.8. The van der Waals surface area contributed by atoms with E-state index in [1.165, 1.54) is 66.8 Å². The third-order valence-electron chi connectivity index (χ3n) is 14.3. The van der Waals surface area contributed by atoms with Gasteiger partial charge >= 0.3 is 0 Å². The Morgan fingerprint density at radius 3 is 0.809 bits per heavy atom. The molecule has 0 bridgehead atoms. The molecule has 0 aliphatic heterocycles. The van der Waals surface area contributed by atoms with E-state index >= 15 is 0 Å². The van der Waals surface area contributed by atoms with Crippen LogP contribution in [0.1, 0.15) is 66.8 Å². The van der Waals surface area contributed by atoms with Crippen LogP contribution in [0.4, 0.5) is 11.4 Å². The van der Waals surface area contributed by atoms with Crippen LogP contribution in [-0.2, 0) is 10.8 Å². The van der Waals surface area contributed by atoms with Crippen molar-refractivity contribution in [2.75, 3.05) is 10.9 Å². The summed E-state index contributed by atoms with van der Waals surface area (Å²) < 4.78 is 0. The topological polar surface area (TPSA) is 48.8 Å². The summed E-state index contributed by atoms with van der Waals surface area (Å²) in [5, 5.41) is 10.5. The Kier molecular flexibility index (Phi) is 9.26. The van der Waals surface area contributed by atoms with Gasteiger partial charge in [-0.25, -0.2) is 0 Å². The summed E-state index contributed by atoms with van der Waals surface area (Å²) in [6.45, 7) is 0. The number of hydrogen-bond donors (Lipinski definition) is 2. The predicted octanol–water partition coefficient (Wildman–Crippen LogP) is 14.5. The molecule has 0 unspecified atom stereocenters. The van der Waals surface area contributed by atoms with Crippen molar-refractivity contribution < 1.29 is 0 Å². The Hall–Kier alpha value is -8.86. The van der Waals surface area contributed by atoms with Crippen LogP contribution in [0, 0.1) is 0 Å². The lowest BCUT2D eigenvalue weighted by molar-refractivity contribution is 0.633. The predicted molar refractivity (Wildman–Crippen MR) is 279 cm³/mol. The molecule has 0 aromatic heterocycles. The summed E-state index contributed by atoms with van der Waals surface area (Å²) in [7, 11) is 0. The first-order valence-electron chi connectivity index (χ1n) is 23.3. The van der Waals surface area contributed by atoms with Crippen molar-refractivity contribution in [2.24, 2.45) is 10.2 Å². The first-order valence-corrected chi connectivity index (χ1v) is 23.3. The van der Waals surface area contributed by atoms with E-state index < -0.39 is 10.8 Å². The van der Waals surface area contributed by atoms with Gasteiger partial charge in [0.2, 0.25) is 0 Å². The fourth-order valence-electron chi connectivity index (χ4n) is 11.6. The summed E-state index contributed by atoms with van der Waals surface area (Å²) in [4.78, 5) is 0. The fourth-order valence-corrected chi connectivity index (χ4v) is 11.6. The molecule has 0 amide bonds. The quantitative estimate of drug-likeness (QED) is 0.118. The van der Waals surface area contributed by atoms with Gasteiger partial charge in [0, 0.05) is 22.3 Å². The van der Waals surface area contributed by atoms with Crippen molar-refractivity contribution in [3.05, 3.63) is 322 Å². The summed E-state index contributed by atoms with van der Waals surface area (Å²) in [6, 6.07) is 91.8. The summed E-state index contributed by atoms with van der Waals surface area (Å²) in [5.41, 5.74) is 28.6. The van der Waals surface area contributed by atoms with Crippen LogP contribution < -0.4 is 10.9 Å². The summed E-state index contributed by atoms with van der Waals surface area (Å²) in [5.74, 6) is 0. The maximum absolute atomic E-state index is 5.23. The standard InChI is InChI=1S/C64H44N4/c1-5-21-43(22-6-1)61(44-23-7-2-8-24-44)67-65-47-37-39-57-59(41-47)63(53-33-17-13-29-49(53)50-30-14-18-34-54(50)63)58-40-38-48(66-68-62(45-25-9-3-10-26-45)46-27-11-4-12-28-46)42-60(58)64(57)55-35-19-15-31-51(55)52-32-16-20-36-56(52)64/h1-42,65-66H. The van der Waals surface area contributed by atoms with Crippen molar-refractivity contribution in [3.8, 4) is 22.3 Å². The van der Waals surface area contributed by atoms with E-state index in [-0.39, 0.29) is 0 Å². The largest absolute Gasteiger partial charge is 0.278 e. The smallest absolute Gasteiger partial charge is 0.0977 e. The first-order chi connectivity index (χ1) is 33.7. The molecule has 4 heteroatoms. The molecule has 0 saturated carbocycles. The highest BCUT2D eigenvalue weighted by Gasteiger charge is 2.59. The number of nitrogens with one attached hydrogen (secondary N) is 2. The molecule has 0 radical (unpaired) electrons. The van der Waals surface area contributed by atoms with E-state index in [9.17, 15) is 0 Å². The Balaban J connectivity index is 1.09. The third-order valence-corrected chi connectivity index (χ3v) is 14.3. The highest BCUT2D eigenvalue weighted by Crippen LogP contribution is 2.67. The van der Waals surface area contributed by atoms with Crippen molar-refractivity contribution in [2.45, 2.75) is 10.8 Å². The van der Waals surface area contributed by atoms with E-state index in [2.05, 4.69) is 241 Å². The van der Waals surface area contributed by atoms with Crippen molar-refractivity contribution in [1.29, 1.82) is 0 Å². The van der Waals surface area contributed by atoms with Crippen LogP contribution in [0.2, 0.25) is 0 Å². The number of rotatable bonds is 8. The molecule has 2 spiro atoms. The van der Waals surface area contributed by atoms with Gasteiger partial charge in [-0.2, -0.15) is 10.2 Å². The van der Waals surface area contributed by atoms with Gasteiger partial charge in [0.25, 0.3) is 0 Å². The lowest BCUT2D eigenvalue weighted by atomic mass is 9.52.